The largest absolute Gasteiger partial charge is 0.508 e. The Labute approximate surface area is 118 Å². The number of aryl methyl sites for hydroxylation is 2. The van der Waals surface area contributed by atoms with E-state index in [0.29, 0.717) is 11.3 Å². The first-order valence-corrected chi connectivity index (χ1v) is 6.27. The number of rotatable bonds is 3. The lowest BCUT2D eigenvalue weighted by Gasteiger charge is -2.12. The second-order valence-corrected chi connectivity index (χ2v) is 4.64. The van der Waals surface area contributed by atoms with E-state index in [2.05, 4.69) is 5.32 Å². The predicted octanol–water partition coefficient (Wildman–Crippen LogP) is 3.27. The highest BCUT2D eigenvalue weighted by atomic mass is 16.5. The van der Waals surface area contributed by atoms with Crippen molar-refractivity contribution in [3.8, 4) is 11.5 Å². The molecule has 104 valence electrons. The molecule has 0 heterocycles. The molecule has 0 fully saturated rings. The molecule has 0 atom stereocenters. The molecule has 2 aromatic rings. The third-order valence-corrected chi connectivity index (χ3v) is 3.11. The molecule has 20 heavy (non-hydrogen) atoms. The summed E-state index contributed by atoms with van der Waals surface area (Å²) in [5.41, 5.74) is 2.93. The topological polar surface area (TPSA) is 58.6 Å². The molecule has 2 N–H and O–H groups in total. The Hall–Kier alpha value is -2.49. The number of aromatic hydroxyl groups is 1. The predicted molar refractivity (Wildman–Crippen MR) is 78.5 cm³/mol. The Morgan fingerprint density at radius 2 is 1.65 bits per heavy atom. The van der Waals surface area contributed by atoms with Gasteiger partial charge in [0.25, 0.3) is 5.91 Å². The van der Waals surface area contributed by atoms with E-state index in [9.17, 15) is 9.90 Å². The maximum Gasteiger partial charge on any atom is 0.255 e. The van der Waals surface area contributed by atoms with E-state index < -0.39 is 0 Å². The highest BCUT2D eigenvalue weighted by molar-refractivity contribution is 6.05. The fourth-order valence-electron chi connectivity index (χ4n) is 2.07. The quantitative estimate of drug-likeness (QED) is 0.842. The number of hydrogen-bond donors (Lipinski definition) is 2. The third kappa shape index (κ3) is 2.91. The highest BCUT2D eigenvalue weighted by Crippen LogP contribution is 2.26. The highest BCUT2D eigenvalue weighted by Gasteiger charge is 2.10. The van der Waals surface area contributed by atoms with Crippen LogP contribution in [0.15, 0.2) is 36.4 Å². The number of benzene rings is 2. The van der Waals surface area contributed by atoms with E-state index in [0.717, 1.165) is 16.8 Å². The zero-order valence-electron chi connectivity index (χ0n) is 11.7. The fourth-order valence-corrected chi connectivity index (χ4v) is 2.07. The van der Waals surface area contributed by atoms with Crippen LogP contribution in [-0.4, -0.2) is 18.1 Å². The van der Waals surface area contributed by atoms with Crippen molar-refractivity contribution < 1.29 is 14.6 Å². The standard InChI is InChI=1S/C16H17NO3/c1-10-8-13(18)9-11(2)15(10)17-16(19)12-4-6-14(20-3)7-5-12/h4-9,18H,1-3H3,(H,17,19). The van der Waals surface area contributed by atoms with Crippen LogP contribution in [0.1, 0.15) is 21.5 Å². The minimum Gasteiger partial charge on any atom is -0.508 e. The van der Waals surface area contributed by atoms with Crippen molar-refractivity contribution in [1.29, 1.82) is 0 Å². The van der Waals surface area contributed by atoms with Crippen molar-refractivity contribution in [2.75, 3.05) is 12.4 Å². The van der Waals surface area contributed by atoms with Crippen molar-refractivity contribution in [2.24, 2.45) is 0 Å². The summed E-state index contributed by atoms with van der Waals surface area (Å²) in [7, 11) is 1.58. The molecule has 1 amide bonds. The summed E-state index contributed by atoms with van der Waals surface area (Å²) in [5.74, 6) is 0.713. The molecule has 0 spiro atoms. The number of amides is 1. The average molecular weight is 271 g/mol. The van der Waals surface area contributed by atoms with Gasteiger partial charge >= 0.3 is 0 Å². The maximum atomic E-state index is 12.2. The molecule has 2 aromatic carbocycles. The number of phenolic OH excluding ortho intramolecular Hbond substituents is 1. The number of ether oxygens (including phenoxy) is 1. The van der Waals surface area contributed by atoms with Crippen LogP contribution in [0.5, 0.6) is 11.5 Å². The minimum absolute atomic E-state index is 0.190. The van der Waals surface area contributed by atoms with Gasteiger partial charge in [-0.3, -0.25) is 4.79 Å². The zero-order valence-corrected chi connectivity index (χ0v) is 11.7. The Kier molecular flexibility index (Phi) is 3.94. The van der Waals surface area contributed by atoms with E-state index >= 15 is 0 Å². The summed E-state index contributed by atoms with van der Waals surface area (Å²) >= 11 is 0. The molecule has 0 saturated heterocycles. The molecule has 0 aliphatic carbocycles. The van der Waals surface area contributed by atoms with Crippen molar-refractivity contribution in [3.05, 3.63) is 53.1 Å². The van der Waals surface area contributed by atoms with Gasteiger partial charge < -0.3 is 15.2 Å². The zero-order chi connectivity index (χ0) is 14.7. The van der Waals surface area contributed by atoms with E-state index in [4.69, 9.17) is 4.74 Å². The first-order valence-electron chi connectivity index (χ1n) is 6.27. The Morgan fingerprint density at radius 3 is 2.15 bits per heavy atom. The first-order chi connectivity index (χ1) is 9.51. The summed E-state index contributed by atoms with van der Waals surface area (Å²) in [4.78, 5) is 12.2. The number of nitrogens with one attached hydrogen (secondary N) is 1. The normalized spacial score (nSPS) is 10.2. The monoisotopic (exact) mass is 271 g/mol. The fraction of sp³-hybridized carbons (Fsp3) is 0.188. The molecule has 0 aliphatic rings. The lowest BCUT2D eigenvalue weighted by molar-refractivity contribution is 0.102. The Morgan fingerprint density at radius 1 is 1.10 bits per heavy atom. The maximum absolute atomic E-state index is 12.2. The van der Waals surface area contributed by atoms with Crippen LogP contribution in [0.4, 0.5) is 5.69 Å². The number of anilines is 1. The molecule has 0 aliphatic heterocycles. The molecule has 0 bridgehead atoms. The summed E-state index contributed by atoms with van der Waals surface area (Å²) in [6.07, 6.45) is 0. The van der Waals surface area contributed by atoms with Gasteiger partial charge in [0.2, 0.25) is 0 Å². The molecule has 2 rings (SSSR count). The number of carbonyl (C=O) groups is 1. The van der Waals surface area contributed by atoms with E-state index in [-0.39, 0.29) is 11.7 Å². The molecule has 4 nitrogen and oxygen atoms in total. The molecule has 0 unspecified atom stereocenters. The van der Waals surface area contributed by atoms with Crippen molar-refractivity contribution in [2.45, 2.75) is 13.8 Å². The Balaban J connectivity index is 2.23. The molecule has 0 saturated carbocycles. The Bertz CT molecular complexity index is 610. The van der Waals surface area contributed by atoms with Crippen LogP contribution in [-0.2, 0) is 0 Å². The van der Waals surface area contributed by atoms with Crippen LogP contribution >= 0.6 is 0 Å². The van der Waals surface area contributed by atoms with E-state index in [1.54, 1.807) is 43.5 Å². The smallest absolute Gasteiger partial charge is 0.255 e. The molecule has 0 aromatic heterocycles. The first kappa shape index (κ1) is 13.9. The molecule has 4 heteroatoms. The number of hydrogen-bond acceptors (Lipinski definition) is 3. The van der Waals surface area contributed by atoms with Crippen molar-refractivity contribution in [1.82, 2.24) is 0 Å². The number of carbonyl (C=O) groups excluding carboxylic acids is 1. The van der Waals surface area contributed by atoms with Crippen LogP contribution < -0.4 is 10.1 Å². The SMILES string of the molecule is COc1ccc(C(=O)Nc2c(C)cc(O)cc2C)cc1. The van der Waals surface area contributed by atoms with Gasteiger partial charge in [0, 0.05) is 11.3 Å². The molecular formula is C16H17NO3. The van der Waals surface area contributed by atoms with Crippen LogP contribution in [0.25, 0.3) is 0 Å². The van der Waals surface area contributed by atoms with Crippen LogP contribution in [0.3, 0.4) is 0 Å². The van der Waals surface area contributed by atoms with Gasteiger partial charge in [-0.2, -0.15) is 0 Å². The summed E-state index contributed by atoms with van der Waals surface area (Å²) < 4.78 is 5.06. The number of methoxy groups -OCH3 is 1. The van der Waals surface area contributed by atoms with Gasteiger partial charge in [0.15, 0.2) is 0 Å². The van der Waals surface area contributed by atoms with Crippen LogP contribution in [0.2, 0.25) is 0 Å². The van der Waals surface area contributed by atoms with Crippen LogP contribution in [0, 0.1) is 13.8 Å². The summed E-state index contributed by atoms with van der Waals surface area (Å²) in [5, 5.41) is 12.4. The average Bonchev–Trinajstić information content (AvgIpc) is 2.42. The lowest BCUT2D eigenvalue weighted by Crippen LogP contribution is -2.13. The number of phenols is 1. The van der Waals surface area contributed by atoms with Gasteiger partial charge in [-0.25, -0.2) is 0 Å². The lowest BCUT2D eigenvalue weighted by atomic mass is 10.1. The summed E-state index contributed by atoms with van der Waals surface area (Å²) in [6, 6.07) is 10.1. The second kappa shape index (κ2) is 5.65. The van der Waals surface area contributed by atoms with Crippen molar-refractivity contribution >= 4 is 11.6 Å². The van der Waals surface area contributed by atoms with Gasteiger partial charge in [0.05, 0.1) is 7.11 Å². The summed E-state index contributed by atoms with van der Waals surface area (Å²) in [6.45, 7) is 3.69. The van der Waals surface area contributed by atoms with Gasteiger partial charge in [0.1, 0.15) is 11.5 Å². The van der Waals surface area contributed by atoms with Gasteiger partial charge in [-0.15, -0.1) is 0 Å². The van der Waals surface area contributed by atoms with Gasteiger partial charge in [-0.05, 0) is 61.4 Å². The molecule has 0 radical (unpaired) electrons. The van der Waals surface area contributed by atoms with Crippen molar-refractivity contribution in [3.63, 3.8) is 0 Å². The second-order valence-electron chi connectivity index (χ2n) is 4.64. The molecular weight excluding hydrogens is 254 g/mol. The third-order valence-electron chi connectivity index (χ3n) is 3.11. The van der Waals surface area contributed by atoms with E-state index in [1.807, 2.05) is 13.8 Å². The van der Waals surface area contributed by atoms with Gasteiger partial charge in [-0.1, -0.05) is 0 Å². The van der Waals surface area contributed by atoms with E-state index in [1.165, 1.54) is 0 Å². The minimum atomic E-state index is -0.190.